The summed E-state index contributed by atoms with van der Waals surface area (Å²) in [5.74, 6) is -0.254. The lowest BCUT2D eigenvalue weighted by atomic mass is 10.1. The van der Waals surface area contributed by atoms with Crippen LogP contribution in [0.2, 0.25) is 0 Å². The molecule has 0 bridgehead atoms. The maximum Gasteiger partial charge on any atom is 0.323 e. The van der Waals surface area contributed by atoms with E-state index < -0.39 is 6.04 Å². The Balaban J connectivity index is 2.46. The van der Waals surface area contributed by atoms with Gasteiger partial charge in [0.15, 0.2) is 0 Å². The Labute approximate surface area is 104 Å². The van der Waals surface area contributed by atoms with Crippen molar-refractivity contribution in [3.63, 3.8) is 0 Å². The van der Waals surface area contributed by atoms with Crippen LogP contribution in [0.1, 0.15) is 19.4 Å². The number of esters is 1. The highest BCUT2D eigenvalue weighted by Crippen LogP contribution is 2.11. The molecule has 0 spiro atoms. The van der Waals surface area contributed by atoms with Crippen LogP contribution < -0.4 is 5.73 Å². The Kier molecular flexibility index (Phi) is 4.96. The summed E-state index contributed by atoms with van der Waals surface area (Å²) in [5, 5.41) is 0. The van der Waals surface area contributed by atoms with Gasteiger partial charge in [-0.3, -0.25) is 4.79 Å². The second kappa shape index (κ2) is 6.01. The van der Waals surface area contributed by atoms with Gasteiger partial charge in [-0.1, -0.05) is 41.9 Å². The first-order valence-electron chi connectivity index (χ1n) is 5.17. The van der Waals surface area contributed by atoms with Crippen molar-refractivity contribution in [2.45, 2.75) is 26.5 Å². The number of rotatable bonds is 4. The smallest absolute Gasteiger partial charge is 0.323 e. The molecule has 0 aliphatic heterocycles. The third-order valence-electron chi connectivity index (χ3n) is 2.28. The molecule has 1 atom stereocenters. The number of hydrogen-bond donors (Lipinski definition) is 1. The summed E-state index contributed by atoms with van der Waals surface area (Å²) in [6, 6.07) is 7.07. The molecule has 0 aliphatic carbocycles. The minimum Gasteiger partial charge on any atom is -0.460 e. The number of carbonyl (C=O) groups is 1. The van der Waals surface area contributed by atoms with Crippen LogP contribution in [0.15, 0.2) is 28.7 Å². The van der Waals surface area contributed by atoms with Gasteiger partial charge in [0.2, 0.25) is 0 Å². The van der Waals surface area contributed by atoms with E-state index >= 15 is 0 Å². The van der Waals surface area contributed by atoms with Crippen LogP contribution in [0, 0.1) is 5.92 Å². The third-order valence-corrected chi connectivity index (χ3v) is 2.81. The third kappa shape index (κ3) is 3.94. The zero-order chi connectivity index (χ0) is 12.1. The lowest BCUT2D eigenvalue weighted by Gasteiger charge is -2.14. The van der Waals surface area contributed by atoms with Crippen molar-refractivity contribution < 1.29 is 9.53 Å². The molecule has 0 fully saturated rings. The predicted molar refractivity (Wildman–Crippen MR) is 66.8 cm³/mol. The average Bonchev–Trinajstić information content (AvgIpc) is 2.26. The molecule has 3 nitrogen and oxygen atoms in total. The summed E-state index contributed by atoms with van der Waals surface area (Å²) >= 11 is 3.34. The first-order chi connectivity index (χ1) is 7.50. The van der Waals surface area contributed by atoms with Gasteiger partial charge in [-0.25, -0.2) is 0 Å². The van der Waals surface area contributed by atoms with Crippen molar-refractivity contribution in [1.82, 2.24) is 0 Å². The predicted octanol–water partition coefficient (Wildman–Crippen LogP) is 2.48. The van der Waals surface area contributed by atoms with E-state index in [1.165, 1.54) is 0 Å². The number of hydrogen-bond acceptors (Lipinski definition) is 3. The molecular weight excluding hydrogens is 270 g/mol. The highest BCUT2D eigenvalue weighted by atomic mass is 79.9. The van der Waals surface area contributed by atoms with E-state index in [0.717, 1.165) is 10.0 Å². The van der Waals surface area contributed by atoms with E-state index in [9.17, 15) is 4.79 Å². The Morgan fingerprint density at radius 2 is 1.94 bits per heavy atom. The Morgan fingerprint density at radius 3 is 2.44 bits per heavy atom. The van der Waals surface area contributed by atoms with Gasteiger partial charge in [-0.05, 0) is 23.6 Å². The fourth-order valence-corrected chi connectivity index (χ4v) is 1.37. The second-order valence-corrected chi connectivity index (χ2v) is 4.92. The van der Waals surface area contributed by atoms with E-state index in [1.807, 2.05) is 38.1 Å². The van der Waals surface area contributed by atoms with Crippen LogP contribution in [0.25, 0.3) is 0 Å². The Bertz CT molecular complexity index is 349. The lowest BCUT2D eigenvalue weighted by molar-refractivity contribution is -0.147. The molecule has 2 N–H and O–H groups in total. The Hall–Kier alpha value is -0.870. The molecular formula is C12H16BrNO2. The fourth-order valence-electron chi connectivity index (χ4n) is 1.10. The minimum atomic E-state index is -0.546. The monoisotopic (exact) mass is 285 g/mol. The standard InChI is InChI=1S/C12H16BrNO2/c1-8(2)11(14)12(15)16-7-9-3-5-10(13)6-4-9/h3-6,8,11H,7,14H2,1-2H3/t11-/m1/s1. The normalized spacial score (nSPS) is 12.6. The molecule has 1 rings (SSSR count). The van der Waals surface area contributed by atoms with Crippen molar-refractivity contribution >= 4 is 21.9 Å². The number of carbonyl (C=O) groups excluding carboxylic acids is 1. The zero-order valence-corrected chi connectivity index (χ0v) is 11.0. The zero-order valence-electron chi connectivity index (χ0n) is 9.44. The van der Waals surface area contributed by atoms with E-state index in [2.05, 4.69) is 15.9 Å². The summed E-state index contributed by atoms with van der Waals surface area (Å²) in [5.41, 5.74) is 6.62. The first kappa shape index (κ1) is 13.2. The van der Waals surface area contributed by atoms with E-state index in [1.54, 1.807) is 0 Å². The van der Waals surface area contributed by atoms with Crippen LogP contribution >= 0.6 is 15.9 Å². The van der Waals surface area contributed by atoms with Crippen molar-refractivity contribution in [1.29, 1.82) is 0 Å². The molecule has 0 aliphatic rings. The number of nitrogens with two attached hydrogens (primary N) is 1. The van der Waals surface area contributed by atoms with Gasteiger partial charge >= 0.3 is 5.97 Å². The van der Waals surface area contributed by atoms with Crippen molar-refractivity contribution in [2.24, 2.45) is 11.7 Å². The fraction of sp³-hybridized carbons (Fsp3) is 0.417. The van der Waals surface area contributed by atoms with E-state index in [-0.39, 0.29) is 18.5 Å². The average molecular weight is 286 g/mol. The molecule has 0 saturated carbocycles. The number of ether oxygens (including phenoxy) is 1. The van der Waals surface area contributed by atoms with Gasteiger partial charge in [-0.15, -0.1) is 0 Å². The molecule has 16 heavy (non-hydrogen) atoms. The first-order valence-corrected chi connectivity index (χ1v) is 5.96. The van der Waals surface area contributed by atoms with Crippen LogP contribution in [0.3, 0.4) is 0 Å². The van der Waals surface area contributed by atoms with Gasteiger partial charge in [0.1, 0.15) is 12.6 Å². The highest BCUT2D eigenvalue weighted by Gasteiger charge is 2.18. The van der Waals surface area contributed by atoms with Crippen LogP contribution in [0.4, 0.5) is 0 Å². The summed E-state index contributed by atoms with van der Waals surface area (Å²) in [6.07, 6.45) is 0. The molecule has 0 amide bonds. The topological polar surface area (TPSA) is 52.3 Å². The van der Waals surface area contributed by atoms with Crippen LogP contribution in [-0.2, 0) is 16.1 Å². The van der Waals surface area contributed by atoms with E-state index in [4.69, 9.17) is 10.5 Å². The number of benzene rings is 1. The van der Waals surface area contributed by atoms with Gasteiger partial charge in [0.05, 0.1) is 0 Å². The summed E-state index contributed by atoms with van der Waals surface area (Å²) < 4.78 is 6.11. The van der Waals surface area contributed by atoms with E-state index in [0.29, 0.717) is 0 Å². The highest BCUT2D eigenvalue weighted by molar-refractivity contribution is 9.10. The van der Waals surface area contributed by atoms with Crippen molar-refractivity contribution in [2.75, 3.05) is 0 Å². The molecule has 4 heteroatoms. The molecule has 0 aromatic heterocycles. The Morgan fingerprint density at radius 1 is 1.38 bits per heavy atom. The maximum absolute atomic E-state index is 11.5. The number of halogens is 1. The second-order valence-electron chi connectivity index (χ2n) is 4.00. The molecule has 1 aromatic carbocycles. The molecule has 88 valence electrons. The molecule has 0 saturated heterocycles. The van der Waals surface area contributed by atoms with Gasteiger partial charge in [-0.2, -0.15) is 0 Å². The van der Waals surface area contributed by atoms with Crippen LogP contribution in [-0.4, -0.2) is 12.0 Å². The summed E-state index contributed by atoms with van der Waals surface area (Å²) in [6.45, 7) is 4.06. The lowest BCUT2D eigenvalue weighted by Crippen LogP contribution is -2.36. The molecule has 0 heterocycles. The van der Waals surface area contributed by atoms with Crippen LogP contribution in [0.5, 0.6) is 0 Å². The van der Waals surface area contributed by atoms with Gasteiger partial charge in [0.25, 0.3) is 0 Å². The SMILES string of the molecule is CC(C)[C@@H](N)C(=O)OCc1ccc(Br)cc1. The van der Waals surface area contributed by atoms with Crippen molar-refractivity contribution in [3.8, 4) is 0 Å². The summed E-state index contributed by atoms with van der Waals surface area (Å²) in [4.78, 5) is 11.5. The van der Waals surface area contributed by atoms with Crippen molar-refractivity contribution in [3.05, 3.63) is 34.3 Å². The molecule has 0 radical (unpaired) electrons. The minimum absolute atomic E-state index is 0.0948. The van der Waals surface area contributed by atoms with Gasteiger partial charge < -0.3 is 10.5 Å². The quantitative estimate of drug-likeness (QED) is 0.865. The van der Waals surface area contributed by atoms with Gasteiger partial charge in [0, 0.05) is 4.47 Å². The summed E-state index contributed by atoms with van der Waals surface area (Å²) in [7, 11) is 0. The largest absolute Gasteiger partial charge is 0.460 e. The molecule has 0 unspecified atom stereocenters. The maximum atomic E-state index is 11.5. The molecule has 1 aromatic rings.